The SMILES string of the molecule is COC(=O)c1cncc(NN2CCCCC2)n1. The summed E-state index contributed by atoms with van der Waals surface area (Å²) in [5.41, 5.74) is 3.37. The lowest BCUT2D eigenvalue weighted by molar-refractivity contribution is 0.0593. The zero-order chi connectivity index (χ0) is 12.1. The van der Waals surface area contributed by atoms with Crippen LogP contribution in [0.5, 0.6) is 0 Å². The molecule has 1 N–H and O–H groups in total. The van der Waals surface area contributed by atoms with Crippen LogP contribution in [0.15, 0.2) is 12.4 Å². The normalized spacial score (nSPS) is 16.5. The van der Waals surface area contributed by atoms with Crippen molar-refractivity contribution in [2.75, 3.05) is 25.6 Å². The fourth-order valence-corrected chi connectivity index (χ4v) is 1.79. The highest BCUT2D eigenvalue weighted by atomic mass is 16.5. The molecule has 1 aliphatic rings. The van der Waals surface area contributed by atoms with Crippen LogP contribution in [0.3, 0.4) is 0 Å². The number of carbonyl (C=O) groups is 1. The van der Waals surface area contributed by atoms with Crippen molar-refractivity contribution in [3.8, 4) is 0 Å². The highest BCUT2D eigenvalue weighted by molar-refractivity contribution is 5.87. The molecule has 2 rings (SSSR count). The summed E-state index contributed by atoms with van der Waals surface area (Å²) in [4.78, 5) is 19.4. The molecule has 0 saturated carbocycles. The molecule has 1 fully saturated rings. The van der Waals surface area contributed by atoms with Crippen LogP contribution in [-0.4, -0.2) is 41.1 Å². The molecule has 0 aromatic carbocycles. The average molecular weight is 236 g/mol. The second-order valence-electron chi connectivity index (χ2n) is 3.94. The van der Waals surface area contributed by atoms with E-state index in [0.717, 1.165) is 13.1 Å². The molecule has 1 aliphatic heterocycles. The van der Waals surface area contributed by atoms with Crippen LogP contribution in [0.4, 0.5) is 5.82 Å². The van der Waals surface area contributed by atoms with Crippen LogP contribution in [0, 0.1) is 0 Å². The minimum atomic E-state index is -0.472. The fraction of sp³-hybridized carbons (Fsp3) is 0.545. The molecule has 1 aromatic rings. The first kappa shape index (κ1) is 11.8. The summed E-state index contributed by atoms with van der Waals surface area (Å²) in [6.45, 7) is 1.98. The van der Waals surface area contributed by atoms with E-state index in [9.17, 15) is 4.79 Å². The molecule has 0 unspecified atom stereocenters. The summed E-state index contributed by atoms with van der Waals surface area (Å²) in [5, 5.41) is 2.09. The summed E-state index contributed by atoms with van der Waals surface area (Å²) >= 11 is 0. The maximum atomic E-state index is 11.3. The van der Waals surface area contributed by atoms with Gasteiger partial charge in [0.2, 0.25) is 0 Å². The molecule has 6 nitrogen and oxygen atoms in total. The van der Waals surface area contributed by atoms with Crippen LogP contribution in [0.25, 0.3) is 0 Å². The van der Waals surface area contributed by atoms with E-state index < -0.39 is 5.97 Å². The number of hydrazine groups is 1. The van der Waals surface area contributed by atoms with Crippen LogP contribution < -0.4 is 5.43 Å². The minimum absolute atomic E-state index is 0.217. The van der Waals surface area contributed by atoms with Gasteiger partial charge in [0.05, 0.1) is 19.5 Å². The van der Waals surface area contributed by atoms with Crippen LogP contribution in [0.1, 0.15) is 29.8 Å². The van der Waals surface area contributed by atoms with Gasteiger partial charge in [0, 0.05) is 13.1 Å². The Bertz CT molecular complexity index is 391. The third-order valence-corrected chi connectivity index (χ3v) is 2.66. The minimum Gasteiger partial charge on any atom is -0.464 e. The summed E-state index contributed by atoms with van der Waals surface area (Å²) in [7, 11) is 1.33. The van der Waals surface area contributed by atoms with Gasteiger partial charge in [-0.3, -0.25) is 4.98 Å². The zero-order valence-electron chi connectivity index (χ0n) is 9.85. The van der Waals surface area contributed by atoms with Crippen molar-refractivity contribution in [1.82, 2.24) is 15.0 Å². The van der Waals surface area contributed by atoms with Gasteiger partial charge >= 0.3 is 5.97 Å². The topological polar surface area (TPSA) is 67.3 Å². The Morgan fingerprint density at radius 1 is 1.35 bits per heavy atom. The molecule has 1 aromatic heterocycles. The number of hydrogen-bond donors (Lipinski definition) is 1. The number of anilines is 1. The van der Waals surface area contributed by atoms with Crippen molar-refractivity contribution in [3.63, 3.8) is 0 Å². The van der Waals surface area contributed by atoms with Gasteiger partial charge in [-0.2, -0.15) is 0 Å². The molecule has 0 amide bonds. The first-order chi connectivity index (χ1) is 8.29. The molecule has 17 heavy (non-hydrogen) atoms. The molecule has 0 spiro atoms. The predicted molar refractivity (Wildman–Crippen MR) is 62.4 cm³/mol. The number of hydrogen-bond acceptors (Lipinski definition) is 6. The smallest absolute Gasteiger partial charge is 0.358 e. The van der Waals surface area contributed by atoms with E-state index in [2.05, 4.69) is 25.1 Å². The molecule has 92 valence electrons. The van der Waals surface area contributed by atoms with Crippen LogP contribution in [0.2, 0.25) is 0 Å². The Labute approximate surface area is 100.0 Å². The maximum absolute atomic E-state index is 11.3. The first-order valence-corrected chi connectivity index (χ1v) is 5.71. The quantitative estimate of drug-likeness (QED) is 0.792. The number of esters is 1. The van der Waals surface area contributed by atoms with Crippen LogP contribution in [-0.2, 0) is 4.74 Å². The number of piperidine rings is 1. The Kier molecular flexibility index (Phi) is 3.87. The highest BCUT2D eigenvalue weighted by Crippen LogP contribution is 2.11. The second-order valence-corrected chi connectivity index (χ2v) is 3.94. The van der Waals surface area contributed by atoms with Gasteiger partial charge in [0.25, 0.3) is 0 Å². The molecular weight excluding hydrogens is 220 g/mol. The van der Waals surface area contributed by atoms with E-state index in [1.807, 2.05) is 0 Å². The standard InChI is InChI=1S/C11H16N4O2/c1-17-11(16)9-7-12-8-10(13-9)14-15-5-3-2-4-6-15/h7-8H,2-6H2,1H3,(H,13,14). The number of carbonyl (C=O) groups excluding carboxylic acids is 1. The number of rotatable bonds is 3. The Morgan fingerprint density at radius 3 is 2.82 bits per heavy atom. The molecule has 0 aliphatic carbocycles. The van der Waals surface area contributed by atoms with Gasteiger partial charge in [0.15, 0.2) is 11.5 Å². The predicted octanol–water partition coefficient (Wildman–Crippen LogP) is 1.08. The maximum Gasteiger partial charge on any atom is 0.358 e. The molecule has 2 heterocycles. The van der Waals surface area contributed by atoms with Gasteiger partial charge in [-0.15, -0.1) is 0 Å². The van der Waals surface area contributed by atoms with Crippen molar-refractivity contribution in [3.05, 3.63) is 18.1 Å². The average Bonchev–Trinajstić information content (AvgIpc) is 2.39. The van der Waals surface area contributed by atoms with E-state index in [1.165, 1.54) is 32.6 Å². The van der Waals surface area contributed by atoms with Gasteiger partial charge in [0.1, 0.15) is 0 Å². The number of ether oxygens (including phenoxy) is 1. The van der Waals surface area contributed by atoms with E-state index in [0.29, 0.717) is 5.82 Å². The Morgan fingerprint density at radius 2 is 2.12 bits per heavy atom. The molecule has 0 atom stereocenters. The number of nitrogens with one attached hydrogen (secondary N) is 1. The Balaban J connectivity index is 2.02. The van der Waals surface area contributed by atoms with Gasteiger partial charge in [-0.05, 0) is 12.8 Å². The van der Waals surface area contributed by atoms with E-state index in [4.69, 9.17) is 0 Å². The highest BCUT2D eigenvalue weighted by Gasteiger charge is 2.12. The number of nitrogens with zero attached hydrogens (tertiary/aromatic N) is 3. The number of aromatic nitrogens is 2. The van der Waals surface area contributed by atoms with Crippen molar-refractivity contribution >= 4 is 11.8 Å². The van der Waals surface area contributed by atoms with Crippen molar-refractivity contribution in [1.29, 1.82) is 0 Å². The fourth-order valence-electron chi connectivity index (χ4n) is 1.79. The lowest BCUT2D eigenvalue weighted by Crippen LogP contribution is -2.35. The molecular formula is C11H16N4O2. The largest absolute Gasteiger partial charge is 0.464 e. The van der Waals surface area contributed by atoms with Crippen molar-refractivity contribution in [2.24, 2.45) is 0 Å². The second kappa shape index (κ2) is 5.58. The van der Waals surface area contributed by atoms with Crippen molar-refractivity contribution in [2.45, 2.75) is 19.3 Å². The third kappa shape index (κ3) is 3.13. The molecule has 0 radical (unpaired) electrons. The van der Waals surface area contributed by atoms with E-state index >= 15 is 0 Å². The monoisotopic (exact) mass is 236 g/mol. The molecule has 6 heteroatoms. The summed E-state index contributed by atoms with van der Waals surface area (Å²) in [6, 6.07) is 0. The lowest BCUT2D eigenvalue weighted by atomic mass is 10.2. The molecule has 0 bridgehead atoms. The number of methoxy groups -OCH3 is 1. The summed E-state index contributed by atoms with van der Waals surface area (Å²) in [5.74, 6) is 0.106. The summed E-state index contributed by atoms with van der Waals surface area (Å²) < 4.78 is 4.60. The lowest BCUT2D eigenvalue weighted by Gasteiger charge is -2.27. The van der Waals surface area contributed by atoms with Crippen LogP contribution >= 0.6 is 0 Å². The Hall–Kier alpha value is -1.69. The van der Waals surface area contributed by atoms with Gasteiger partial charge in [-0.25, -0.2) is 14.8 Å². The van der Waals surface area contributed by atoms with Crippen molar-refractivity contribution < 1.29 is 9.53 Å². The first-order valence-electron chi connectivity index (χ1n) is 5.71. The third-order valence-electron chi connectivity index (χ3n) is 2.66. The zero-order valence-corrected chi connectivity index (χ0v) is 9.85. The van der Waals surface area contributed by atoms with E-state index in [1.54, 1.807) is 6.20 Å². The summed E-state index contributed by atoms with van der Waals surface area (Å²) in [6.07, 6.45) is 6.62. The van der Waals surface area contributed by atoms with E-state index in [-0.39, 0.29) is 5.69 Å². The van der Waals surface area contributed by atoms with Gasteiger partial charge < -0.3 is 10.2 Å². The van der Waals surface area contributed by atoms with Gasteiger partial charge in [-0.1, -0.05) is 6.42 Å². The molecule has 1 saturated heterocycles.